The molecule has 6 radical (unpaired) electrons. The molecule has 0 unspecified atom stereocenters. The molecule has 4 heterocycles. The Morgan fingerprint density at radius 3 is 0.461 bits per heavy atom. The van der Waals surface area contributed by atoms with E-state index in [4.69, 9.17) is 30.6 Å². The van der Waals surface area contributed by atoms with Gasteiger partial charge < -0.3 is 122 Å². The number of fused-ring (bicyclic) bond motifs is 6. The van der Waals surface area contributed by atoms with Gasteiger partial charge in [0.1, 0.15) is 0 Å². The van der Waals surface area contributed by atoms with E-state index in [2.05, 4.69) is 68.5 Å². The van der Waals surface area contributed by atoms with Crippen LogP contribution in [-0.4, -0.2) is 85.7 Å². The van der Waals surface area contributed by atoms with Gasteiger partial charge in [-0.05, 0) is 76.3 Å². The van der Waals surface area contributed by atoms with Crippen LogP contribution in [0.25, 0.3) is 43.6 Å². The number of hydrogen-bond donors (Lipinski definition) is 0. The summed E-state index contributed by atoms with van der Waals surface area (Å²) >= 11 is 0. The van der Waals surface area contributed by atoms with Crippen molar-refractivity contribution in [3.63, 3.8) is 0 Å². The van der Waals surface area contributed by atoms with Crippen LogP contribution in [0.1, 0.15) is 55.4 Å². The molecule has 6 aromatic rings. The predicted molar refractivity (Wildman–Crippen MR) is 256 cm³/mol. The number of aromatic nitrogens is 4. The summed E-state index contributed by atoms with van der Waals surface area (Å²) in [5, 5.41) is 94.0. The minimum atomic E-state index is -0.187. The molecule has 522 valence electrons. The number of carbonyl (C=O) groups is 4. The molecular weight excluding hydrogens is 1510 g/mol. The van der Waals surface area contributed by atoms with Crippen LogP contribution in [0.15, 0.2) is 145 Å². The van der Waals surface area contributed by atoms with Crippen LogP contribution in [-0.2, 0) is 235 Å². The van der Waals surface area contributed by atoms with Gasteiger partial charge in [0.2, 0.25) is 0 Å². The second-order valence-electron chi connectivity index (χ2n) is 11.9. The van der Waals surface area contributed by atoms with Crippen LogP contribution in [0.4, 0.5) is 0 Å². The molecule has 0 atom stereocenters. The van der Waals surface area contributed by atoms with Gasteiger partial charge in [-0.15, -0.1) is 23.0 Å². The van der Waals surface area contributed by atoms with Gasteiger partial charge in [-0.3, -0.25) is 39.1 Å². The van der Waals surface area contributed by atoms with Crippen LogP contribution < -0.4 is 51.1 Å². The number of ketones is 4. The van der Waals surface area contributed by atoms with Crippen LogP contribution in [0.2, 0.25) is 0 Å². The molecule has 2 aromatic carbocycles. The van der Waals surface area contributed by atoms with Gasteiger partial charge in [0, 0.05) is 158 Å². The Labute approximate surface area is 610 Å². The first-order chi connectivity index (χ1) is 32.4. The van der Waals surface area contributed by atoms with Gasteiger partial charge in [0.15, 0.2) is 23.1 Å². The van der Waals surface area contributed by atoms with Crippen molar-refractivity contribution in [1.29, 1.82) is 0 Å². The minimum Gasteiger partial charge on any atom is -2.00 e. The number of benzene rings is 2. The van der Waals surface area contributed by atoms with Crippen LogP contribution in [0.5, 0.6) is 0 Å². The zero-order valence-corrected chi connectivity index (χ0v) is 60.2. The van der Waals surface area contributed by atoms with Crippen molar-refractivity contribution in [2.75, 3.05) is 42.7 Å². The minimum absolute atomic E-state index is 0. The smallest absolute Gasteiger partial charge is 2.00 e. The number of allylic oxidation sites excluding steroid dienone is 8. The second kappa shape index (κ2) is 126. The molecule has 4 aromatic heterocycles. The van der Waals surface area contributed by atoms with E-state index >= 15 is 0 Å². The van der Waals surface area contributed by atoms with Gasteiger partial charge in [-0.2, -0.15) is 42.7 Å². The molecule has 6 rings (SSSR count). The maximum atomic E-state index is 9.98. The quantitative estimate of drug-likeness (QED) is 0.0978. The van der Waals surface area contributed by atoms with E-state index in [1.54, 1.807) is 24.8 Å². The van der Waals surface area contributed by atoms with Crippen molar-refractivity contribution in [3.05, 3.63) is 145 Å². The molecule has 0 saturated heterocycles. The van der Waals surface area contributed by atoms with Crippen molar-refractivity contribution < 1.29 is 286 Å². The number of carbonyl (C=O) groups excluding carboxylic acids is 4. The van der Waals surface area contributed by atoms with Crippen molar-refractivity contribution >= 4 is 66.7 Å². The van der Waals surface area contributed by atoms with Gasteiger partial charge in [-0.25, -0.2) is 0 Å². The fraction of sp³-hybridized carbons (Fsp3) is 0.280. The molecule has 0 aliphatic carbocycles. The maximum Gasteiger partial charge on any atom is 3.00 e. The van der Waals surface area contributed by atoms with E-state index < -0.39 is 0 Å². The average molecular weight is 1570 g/mol. The van der Waals surface area contributed by atoms with Crippen molar-refractivity contribution in [2.45, 2.75) is 55.4 Å². The van der Waals surface area contributed by atoms with E-state index in [1.165, 1.54) is 55.4 Å². The van der Waals surface area contributed by atoms with Gasteiger partial charge in [0.25, 0.3) is 0 Å². The number of nitrogens with zero attached hydrogens (tertiary/aromatic N) is 4. The Balaban J connectivity index is -0.0000000196. The first-order valence-electron chi connectivity index (χ1n) is 19.5. The third-order valence-electron chi connectivity index (χ3n) is 6.32. The average Bonchev–Trinajstić information content (AvgIpc) is 3.32. The molecule has 0 N–H and O–H groups in total. The number of rotatable bonds is 4. The third kappa shape index (κ3) is 104. The summed E-state index contributed by atoms with van der Waals surface area (Å²) in [5.41, 5.74) is 3.91. The number of pyridine rings is 4. The van der Waals surface area contributed by atoms with Crippen molar-refractivity contribution in [3.8, 4) is 0 Å². The Morgan fingerprint density at radius 1 is 0.270 bits per heavy atom. The molecular formula is C50H62Co2N4O27V6-30. The van der Waals surface area contributed by atoms with Crippen molar-refractivity contribution in [1.82, 2.24) is 19.9 Å². The molecule has 0 amide bonds. The summed E-state index contributed by atoms with van der Waals surface area (Å²) in [5.74, 6) is -1.50. The zero-order valence-electron chi connectivity index (χ0n) is 49.7. The summed E-state index contributed by atoms with van der Waals surface area (Å²) in [7, 11) is 4.50. The molecule has 0 aliphatic heterocycles. The van der Waals surface area contributed by atoms with E-state index in [0.29, 0.717) is 0 Å². The third-order valence-corrected chi connectivity index (χ3v) is 6.32. The maximum absolute atomic E-state index is 9.98. The van der Waals surface area contributed by atoms with Gasteiger partial charge in [-0.1, -0.05) is 76.2 Å². The summed E-state index contributed by atoms with van der Waals surface area (Å²) in [4.78, 5) is 57.3. The Kier molecular flexibility index (Phi) is 252. The Morgan fingerprint density at radius 2 is 0.382 bits per heavy atom. The molecule has 89 heavy (non-hydrogen) atoms. The molecule has 0 aliphatic rings. The predicted octanol–water partition coefficient (Wildman–Crippen LogP) is -2.78. The normalized spacial score (nSPS) is 7.42. The second-order valence-corrected chi connectivity index (χ2v) is 11.9. The monoisotopic (exact) mass is 1570 g/mol. The fourth-order valence-electron chi connectivity index (χ4n) is 4.50. The van der Waals surface area contributed by atoms with Crippen LogP contribution in [0, 0.1) is 0 Å². The summed E-state index contributed by atoms with van der Waals surface area (Å²) in [6, 6.07) is 24.3. The summed E-state index contributed by atoms with van der Waals surface area (Å²) in [6.45, 7) is 10.8. The van der Waals surface area contributed by atoms with Crippen LogP contribution >= 0.6 is 0 Å². The Bertz CT molecular complexity index is 2120. The topological polar surface area (TPSA) is 721 Å². The summed E-state index contributed by atoms with van der Waals surface area (Å²) in [6.07, 6.45) is 11.4. The molecule has 31 nitrogen and oxygen atoms in total. The van der Waals surface area contributed by atoms with E-state index in [1.807, 2.05) is 24.3 Å². The first kappa shape index (κ1) is 178. The van der Waals surface area contributed by atoms with E-state index in [-0.39, 0.29) is 262 Å². The molecule has 0 spiro atoms. The largest absolute Gasteiger partial charge is 3.00 e. The zero-order chi connectivity index (χ0) is 54.2. The first-order valence-corrected chi connectivity index (χ1v) is 19.5. The van der Waals surface area contributed by atoms with Gasteiger partial charge >= 0.3 is 33.6 Å². The SMILES string of the molecule is CC(=O)/C=C(/C)[O-].CC(=O)/C=C(/C)[O-].CC(=O)/C=C(/C)[O-].CC(=O)/C=C(/C)[O-].C[O-].C[O-].C[O-].C[O-].C[O-].C[O-].[Co+3].[Co+3].[O-2].[O-2].[O-2].[O-2].[O-2].[O-2].[O-2].[O-2].[O-2].[O-2].[O-2].[O-2].[O-2].[V].[V].[V].[V].[V].[V].c1cnc2c(c1)ccc1cccnc12.c1cnc2c(c1)ccc1cccnc12. The van der Waals surface area contributed by atoms with Crippen molar-refractivity contribution in [2.24, 2.45) is 0 Å². The molecule has 39 heteroatoms. The Hall–Kier alpha value is -3.32. The summed E-state index contributed by atoms with van der Waals surface area (Å²) < 4.78 is 0. The molecule has 0 saturated carbocycles. The molecule has 0 fully saturated rings. The number of hydrogen-bond acceptors (Lipinski definition) is 18. The van der Waals surface area contributed by atoms with E-state index in [0.717, 1.165) is 111 Å². The standard InChI is InChI=1S/2C12H8N2.4C5H8O2.6CH3O.2Co.13O.6V/c2*1-3-9-5-6-10-4-2-8-14-12(10)11(9)13-7-1;4*1-4(6)3-5(2)7;6*1-2;;;;;;;;;;;;;;;;;;;;;/h2*1-8H;4*3,6H,1-2H3;6*1H3;;;;;;;;;;;;;;;;;;;;;/q;;;;;;6*-1;2*+3;13*-2;;;;;;/p-4/b;;4*4-3-;;;;;;;;;;;;;;;;;;;;;;;;;;;. The van der Waals surface area contributed by atoms with E-state index in [9.17, 15) is 39.6 Å². The van der Waals surface area contributed by atoms with Gasteiger partial charge in [0.05, 0.1) is 22.1 Å². The van der Waals surface area contributed by atoms with Crippen LogP contribution in [0.3, 0.4) is 0 Å². The molecule has 0 bridgehead atoms. The fourth-order valence-corrected chi connectivity index (χ4v) is 4.50.